The van der Waals surface area contributed by atoms with Crippen LogP contribution in [0.3, 0.4) is 0 Å². The van der Waals surface area contributed by atoms with Gasteiger partial charge in [0.05, 0.1) is 6.61 Å². The summed E-state index contributed by atoms with van der Waals surface area (Å²) in [5.74, 6) is 0.0845. The normalized spacial score (nSPS) is 26.1. The van der Waals surface area contributed by atoms with Crippen LogP contribution in [0, 0.1) is 11.7 Å². The fraction of sp³-hybridized carbons (Fsp3) is 0.562. The number of esters is 1. The van der Waals surface area contributed by atoms with E-state index in [2.05, 4.69) is 12.2 Å². The van der Waals surface area contributed by atoms with E-state index < -0.39 is 5.54 Å². The zero-order chi connectivity index (χ0) is 14.6. The van der Waals surface area contributed by atoms with E-state index in [1.807, 2.05) is 0 Å². The van der Waals surface area contributed by atoms with E-state index in [1.54, 1.807) is 19.1 Å². The SMILES string of the molecule is CCOC(=O)C1(Nc2cccc(F)c2)CCC(C)CC1. The molecule has 1 aromatic rings. The molecular formula is C16H22FNO2. The lowest BCUT2D eigenvalue weighted by molar-refractivity contribution is -0.150. The summed E-state index contributed by atoms with van der Waals surface area (Å²) in [6.07, 6.45) is 3.40. The Morgan fingerprint density at radius 3 is 2.75 bits per heavy atom. The van der Waals surface area contributed by atoms with Crippen molar-refractivity contribution in [3.63, 3.8) is 0 Å². The Morgan fingerprint density at radius 1 is 1.45 bits per heavy atom. The Labute approximate surface area is 119 Å². The minimum absolute atomic E-state index is 0.226. The monoisotopic (exact) mass is 279 g/mol. The lowest BCUT2D eigenvalue weighted by atomic mass is 9.77. The van der Waals surface area contributed by atoms with Crippen molar-refractivity contribution < 1.29 is 13.9 Å². The molecule has 2 rings (SSSR count). The zero-order valence-corrected chi connectivity index (χ0v) is 12.1. The summed E-state index contributed by atoms with van der Waals surface area (Å²) in [4.78, 5) is 12.3. The first kappa shape index (κ1) is 14.8. The Bertz CT molecular complexity index is 467. The van der Waals surface area contributed by atoms with Crippen molar-refractivity contribution >= 4 is 11.7 Å². The summed E-state index contributed by atoms with van der Waals surface area (Å²) in [5.41, 5.74) is -0.0799. The van der Waals surface area contributed by atoms with Crippen LogP contribution in [0.15, 0.2) is 24.3 Å². The number of halogens is 1. The topological polar surface area (TPSA) is 38.3 Å². The zero-order valence-electron chi connectivity index (χ0n) is 12.1. The first-order valence-corrected chi connectivity index (χ1v) is 7.27. The third-order valence-electron chi connectivity index (χ3n) is 4.00. The maximum absolute atomic E-state index is 13.3. The fourth-order valence-electron chi connectivity index (χ4n) is 2.75. The van der Waals surface area contributed by atoms with Gasteiger partial charge in [-0.3, -0.25) is 0 Å². The average Bonchev–Trinajstić information content (AvgIpc) is 2.42. The van der Waals surface area contributed by atoms with Crippen LogP contribution in [0.5, 0.6) is 0 Å². The van der Waals surface area contributed by atoms with Crippen LogP contribution in [-0.2, 0) is 9.53 Å². The van der Waals surface area contributed by atoms with Gasteiger partial charge in [0.2, 0.25) is 0 Å². The highest BCUT2D eigenvalue weighted by molar-refractivity contribution is 5.84. The van der Waals surface area contributed by atoms with Crippen molar-refractivity contribution in [3.05, 3.63) is 30.1 Å². The Hall–Kier alpha value is -1.58. The second-order valence-electron chi connectivity index (χ2n) is 5.62. The van der Waals surface area contributed by atoms with Crippen LogP contribution in [0.4, 0.5) is 10.1 Å². The molecule has 110 valence electrons. The Kier molecular flexibility index (Phi) is 4.63. The third-order valence-corrected chi connectivity index (χ3v) is 4.00. The van der Waals surface area contributed by atoms with E-state index in [1.165, 1.54) is 12.1 Å². The van der Waals surface area contributed by atoms with Crippen LogP contribution in [0.1, 0.15) is 39.5 Å². The molecule has 0 spiro atoms. The number of anilines is 1. The van der Waals surface area contributed by atoms with Crippen LogP contribution < -0.4 is 5.32 Å². The number of benzene rings is 1. The van der Waals surface area contributed by atoms with Gasteiger partial charge < -0.3 is 10.1 Å². The smallest absolute Gasteiger partial charge is 0.331 e. The maximum Gasteiger partial charge on any atom is 0.331 e. The summed E-state index contributed by atoms with van der Waals surface area (Å²) in [6, 6.07) is 6.23. The second kappa shape index (κ2) is 6.25. The van der Waals surface area contributed by atoms with Crippen LogP contribution in [0.25, 0.3) is 0 Å². The van der Waals surface area contributed by atoms with Gasteiger partial charge in [0.1, 0.15) is 11.4 Å². The van der Waals surface area contributed by atoms with E-state index in [0.717, 1.165) is 25.7 Å². The first-order chi connectivity index (χ1) is 9.55. The predicted octanol–water partition coefficient (Wildman–Crippen LogP) is 3.75. The first-order valence-electron chi connectivity index (χ1n) is 7.27. The quantitative estimate of drug-likeness (QED) is 0.853. The van der Waals surface area contributed by atoms with Gasteiger partial charge in [0.25, 0.3) is 0 Å². The van der Waals surface area contributed by atoms with Crippen LogP contribution in [0.2, 0.25) is 0 Å². The van der Waals surface area contributed by atoms with Gasteiger partial charge in [-0.2, -0.15) is 0 Å². The summed E-state index contributed by atoms with van der Waals surface area (Å²) < 4.78 is 18.5. The maximum atomic E-state index is 13.3. The number of carbonyl (C=O) groups excluding carboxylic acids is 1. The molecule has 1 N–H and O–H groups in total. The summed E-state index contributed by atoms with van der Waals surface area (Å²) >= 11 is 0. The number of ether oxygens (including phenoxy) is 1. The standard InChI is InChI=1S/C16H22FNO2/c1-3-20-15(19)16(9-7-12(2)8-10-16)18-14-6-4-5-13(17)11-14/h4-6,11-12,18H,3,7-10H2,1-2H3. The average molecular weight is 279 g/mol. The van der Waals surface area contributed by atoms with Crippen molar-refractivity contribution in [1.29, 1.82) is 0 Å². The molecule has 4 heteroatoms. The molecule has 0 aromatic heterocycles. The lowest BCUT2D eigenvalue weighted by Crippen LogP contribution is -2.50. The molecule has 1 aromatic carbocycles. The largest absolute Gasteiger partial charge is 0.464 e. The van der Waals surface area contributed by atoms with Gasteiger partial charge in [-0.15, -0.1) is 0 Å². The molecule has 1 saturated carbocycles. The number of hydrogen-bond donors (Lipinski definition) is 1. The summed E-state index contributed by atoms with van der Waals surface area (Å²) in [7, 11) is 0. The third kappa shape index (κ3) is 3.30. The highest BCUT2D eigenvalue weighted by Crippen LogP contribution is 2.35. The molecule has 0 radical (unpaired) electrons. The fourth-order valence-corrected chi connectivity index (χ4v) is 2.75. The summed E-state index contributed by atoms with van der Waals surface area (Å²) in [6.45, 7) is 4.36. The number of hydrogen-bond acceptors (Lipinski definition) is 3. The summed E-state index contributed by atoms with van der Waals surface area (Å²) in [5, 5.41) is 3.23. The van der Waals surface area contributed by atoms with Gasteiger partial charge >= 0.3 is 5.97 Å². The van der Waals surface area contributed by atoms with E-state index in [-0.39, 0.29) is 11.8 Å². The van der Waals surface area contributed by atoms with Crippen molar-refractivity contribution in [2.45, 2.75) is 45.1 Å². The number of rotatable bonds is 4. The molecule has 0 atom stereocenters. The molecule has 0 aliphatic heterocycles. The van der Waals surface area contributed by atoms with E-state index in [0.29, 0.717) is 18.2 Å². The van der Waals surface area contributed by atoms with Crippen molar-refractivity contribution in [2.75, 3.05) is 11.9 Å². The van der Waals surface area contributed by atoms with E-state index in [4.69, 9.17) is 4.74 Å². The van der Waals surface area contributed by atoms with Crippen molar-refractivity contribution in [1.82, 2.24) is 0 Å². The molecule has 3 nitrogen and oxygen atoms in total. The second-order valence-corrected chi connectivity index (χ2v) is 5.62. The molecule has 0 heterocycles. The molecule has 0 bridgehead atoms. The highest BCUT2D eigenvalue weighted by atomic mass is 19.1. The molecule has 1 aliphatic carbocycles. The van der Waals surface area contributed by atoms with Gasteiger partial charge in [0.15, 0.2) is 0 Å². The predicted molar refractivity (Wildman–Crippen MR) is 77.0 cm³/mol. The number of carbonyl (C=O) groups is 1. The van der Waals surface area contributed by atoms with Gasteiger partial charge in [-0.1, -0.05) is 13.0 Å². The molecule has 1 fully saturated rings. The highest BCUT2D eigenvalue weighted by Gasteiger charge is 2.42. The Balaban J connectivity index is 2.20. The van der Waals surface area contributed by atoms with Crippen LogP contribution >= 0.6 is 0 Å². The minimum atomic E-state index is -0.712. The van der Waals surface area contributed by atoms with Gasteiger partial charge in [-0.25, -0.2) is 9.18 Å². The van der Waals surface area contributed by atoms with E-state index in [9.17, 15) is 9.18 Å². The Morgan fingerprint density at radius 2 is 2.15 bits per heavy atom. The van der Waals surface area contributed by atoms with Crippen molar-refractivity contribution in [2.24, 2.45) is 5.92 Å². The molecule has 0 saturated heterocycles. The van der Waals surface area contributed by atoms with Crippen LogP contribution in [-0.4, -0.2) is 18.1 Å². The van der Waals surface area contributed by atoms with Gasteiger partial charge in [0, 0.05) is 5.69 Å². The molecule has 0 amide bonds. The van der Waals surface area contributed by atoms with Gasteiger partial charge in [-0.05, 0) is 56.7 Å². The molecule has 0 unspecified atom stereocenters. The molecular weight excluding hydrogens is 257 g/mol. The van der Waals surface area contributed by atoms with Crippen molar-refractivity contribution in [3.8, 4) is 0 Å². The van der Waals surface area contributed by atoms with E-state index >= 15 is 0 Å². The number of nitrogens with one attached hydrogen (secondary N) is 1. The lowest BCUT2D eigenvalue weighted by Gasteiger charge is -2.38. The molecule has 1 aliphatic rings. The minimum Gasteiger partial charge on any atom is -0.464 e. The molecule has 20 heavy (non-hydrogen) atoms.